The maximum Gasteiger partial charge on any atom is 0.337 e. The van der Waals surface area contributed by atoms with Crippen LogP contribution >= 0.6 is 0 Å². The Labute approximate surface area is 99.3 Å². The number of rotatable bonds is 4. The minimum atomic E-state index is -1.19. The molecule has 0 radical (unpaired) electrons. The third-order valence-electron chi connectivity index (χ3n) is 2.85. The van der Waals surface area contributed by atoms with E-state index < -0.39 is 17.3 Å². The van der Waals surface area contributed by atoms with E-state index in [1.54, 1.807) is 20.9 Å². The Morgan fingerprint density at radius 3 is 2.53 bits per heavy atom. The lowest BCUT2D eigenvalue weighted by Crippen LogP contribution is -2.45. The second-order valence-electron chi connectivity index (χ2n) is 4.47. The van der Waals surface area contributed by atoms with Crippen molar-refractivity contribution in [1.82, 2.24) is 0 Å². The number of carbonyl (C=O) groups is 1. The van der Waals surface area contributed by atoms with Gasteiger partial charge < -0.3 is 15.1 Å². The van der Waals surface area contributed by atoms with Crippen LogP contribution in [-0.4, -0.2) is 35.4 Å². The Balaban J connectivity index is 3.34. The summed E-state index contributed by atoms with van der Waals surface area (Å²) in [5.41, 5.74) is -0.875. The molecule has 2 N–H and O–H groups in total. The maximum absolute atomic E-state index is 13.7. The molecule has 4 nitrogen and oxygen atoms in total. The number of likely N-dealkylation sites (N-methyl/N-ethyl adjacent to an activating group) is 1. The fourth-order valence-corrected chi connectivity index (χ4v) is 1.44. The predicted octanol–water partition coefficient (Wildman–Crippen LogP) is 1.73. The van der Waals surface area contributed by atoms with E-state index in [4.69, 9.17) is 5.11 Å². The molecular formula is C12H16FNO3. The summed E-state index contributed by atoms with van der Waals surface area (Å²) in [6.07, 6.45) is 0. The number of hydrogen-bond acceptors (Lipinski definition) is 3. The molecule has 17 heavy (non-hydrogen) atoms. The van der Waals surface area contributed by atoms with Gasteiger partial charge in [0.15, 0.2) is 0 Å². The van der Waals surface area contributed by atoms with Crippen LogP contribution in [0.25, 0.3) is 0 Å². The molecule has 0 aromatic heterocycles. The Morgan fingerprint density at radius 2 is 2.06 bits per heavy atom. The SMILES string of the molecule is CN(c1c(F)cccc1C(=O)O)C(C)(C)CO. The highest BCUT2D eigenvalue weighted by Gasteiger charge is 2.28. The normalized spacial score (nSPS) is 11.4. The van der Waals surface area contributed by atoms with Crippen LogP contribution in [0.4, 0.5) is 10.1 Å². The standard InChI is InChI=1S/C12H16FNO3/c1-12(2,7-15)14(3)10-8(11(16)17)5-4-6-9(10)13/h4-6,15H,7H2,1-3H3,(H,16,17). The number of aromatic carboxylic acids is 1. The first kappa shape index (κ1) is 13.4. The minimum absolute atomic E-state index is 0.0148. The Kier molecular flexibility index (Phi) is 3.72. The molecule has 0 heterocycles. The molecule has 5 heteroatoms. The lowest BCUT2D eigenvalue weighted by atomic mass is 10.0. The van der Waals surface area contributed by atoms with Crippen molar-refractivity contribution in [1.29, 1.82) is 0 Å². The first-order chi connectivity index (χ1) is 7.81. The van der Waals surface area contributed by atoms with E-state index in [-0.39, 0.29) is 17.9 Å². The van der Waals surface area contributed by atoms with Gasteiger partial charge in [0.25, 0.3) is 0 Å². The number of carboxylic acid groups (broad SMARTS) is 1. The van der Waals surface area contributed by atoms with Gasteiger partial charge in [-0.25, -0.2) is 9.18 Å². The average molecular weight is 241 g/mol. The summed E-state index contributed by atoms with van der Waals surface area (Å²) in [5, 5.41) is 18.3. The van der Waals surface area contributed by atoms with Crippen LogP contribution < -0.4 is 4.90 Å². The van der Waals surface area contributed by atoms with Crippen LogP contribution in [0.3, 0.4) is 0 Å². The van der Waals surface area contributed by atoms with Crippen LogP contribution in [0.15, 0.2) is 18.2 Å². The van der Waals surface area contributed by atoms with Gasteiger partial charge in [0.1, 0.15) is 5.82 Å². The van der Waals surface area contributed by atoms with Gasteiger partial charge in [-0.15, -0.1) is 0 Å². The molecule has 0 aliphatic carbocycles. The topological polar surface area (TPSA) is 60.8 Å². The first-order valence-corrected chi connectivity index (χ1v) is 5.17. The molecule has 0 atom stereocenters. The van der Waals surface area contributed by atoms with Gasteiger partial charge in [-0.05, 0) is 26.0 Å². The molecule has 0 saturated heterocycles. The van der Waals surface area contributed by atoms with Crippen LogP contribution in [0.2, 0.25) is 0 Å². The Morgan fingerprint density at radius 1 is 1.47 bits per heavy atom. The van der Waals surface area contributed by atoms with Crippen molar-refractivity contribution in [3.05, 3.63) is 29.6 Å². The molecule has 94 valence electrons. The molecule has 1 rings (SSSR count). The summed E-state index contributed by atoms with van der Waals surface area (Å²) >= 11 is 0. The predicted molar refractivity (Wildman–Crippen MR) is 62.9 cm³/mol. The number of halogens is 1. The highest BCUT2D eigenvalue weighted by atomic mass is 19.1. The fourth-order valence-electron chi connectivity index (χ4n) is 1.44. The lowest BCUT2D eigenvalue weighted by Gasteiger charge is -2.36. The molecular weight excluding hydrogens is 225 g/mol. The summed E-state index contributed by atoms with van der Waals surface area (Å²) in [6, 6.07) is 3.89. The molecule has 0 spiro atoms. The van der Waals surface area contributed by atoms with Crippen molar-refractivity contribution < 1.29 is 19.4 Å². The molecule has 0 unspecified atom stereocenters. The molecule has 0 aliphatic rings. The van der Waals surface area contributed by atoms with E-state index in [1.165, 1.54) is 23.1 Å². The summed E-state index contributed by atoms with van der Waals surface area (Å²) in [6.45, 7) is 3.19. The third kappa shape index (κ3) is 2.55. The van der Waals surface area contributed by atoms with Crippen molar-refractivity contribution in [2.24, 2.45) is 0 Å². The summed E-state index contributed by atoms with van der Waals surface area (Å²) < 4.78 is 13.7. The molecule has 1 aromatic rings. The van der Waals surface area contributed by atoms with Gasteiger partial charge in [-0.2, -0.15) is 0 Å². The first-order valence-electron chi connectivity index (χ1n) is 5.17. The second-order valence-corrected chi connectivity index (χ2v) is 4.47. The van der Waals surface area contributed by atoms with Gasteiger partial charge in [-0.3, -0.25) is 0 Å². The second kappa shape index (κ2) is 4.71. The van der Waals surface area contributed by atoms with E-state index in [2.05, 4.69) is 0 Å². The Hall–Kier alpha value is -1.62. The van der Waals surface area contributed by atoms with E-state index in [0.29, 0.717) is 0 Å². The smallest absolute Gasteiger partial charge is 0.337 e. The Bertz CT molecular complexity index is 432. The lowest BCUT2D eigenvalue weighted by molar-refractivity contribution is 0.0696. The number of para-hydroxylation sites is 1. The molecule has 0 bridgehead atoms. The van der Waals surface area contributed by atoms with Crippen molar-refractivity contribution in [3.63, 3.8) is 0 Å². The maximum atomic E-state index is 13.7. The van der Waals surface area contributed by atoms with E-state index in [0.717, 1.165) is 0 Å². The van der Waals surface area contributed by atoms with Crippen LogP contribution in [0.5, 0.6) is 0 Å². The van der Waals surface area contributed by atoms with Gasteiger partial charge in [-0.1, -0.05) is 6.07 Å². The zero-order chi connectivity index (χ0) is 13.2. The highest BCUT2D eigenvalue weighted by molar-refractivity contribution is 5.94. The zero-order valence-electron chi connectivity index (χ0n) is 10.1. The quantitative estimate of drug-likeness (QED) is 0.842. The zero-order valence-corrected chi connectivity index (χ0v) is 10.1. The molecule has 0 fully saturated rings. The number of carboxylic acids is 1. The molecule has 1 aromatic carbocycles. The summed E-state index contributed by atoms with van der Waals surface area (Å²) in [5.74, 6) is -1.81. The van der Waals surface area contributed by atoms with E-state index >= 15 is 0 Å². The van der Waals surface area contributed by atoms with Gasteiger partial charge >= 0.3 is 5.97 Å². The monoisotopic (exact) mass is 241 g/mol. The van der Waals surface area contributed by atoms with Gasteiger partial charge in [0, 0.05) is 7.05 Å². The number of nitrogens with zero attached hydrogens (tertiary/aromatic N) is 1. The number of aliphatic hydroxyl groups is 1. The highest BCUT2D eigenvalue weighted by Crippen LogP contribution is 2.28. The number of aliphatic hydroxyl groups excluding tert-OH is 1. The van der Waals surface area contributed by atoms with Crippen LogP contribution in [0, 0.1) is 5.82 Å². The number of anilines is 1. The van der Waals surface area contributed by atoms with Crippen LogP contribution in [0.1, 0.15) is 24.2 Å². The van der Waals surface area contributed by atoms with Crippen molar-refractivity contribution >= 4 is 11.7 Å². The van der Waals surface area contributed by atoms with Gasteiger partial charge in [0.2, 0.25) is 0 Å². The molecule has 0 saturated carbocycles. The van der Waals surface area contributed by atoms with Crippen LogP contribution in [-0.2, 0) is 0 Å². The van der Waals surface area contributed by atoms with Crippen molar-refractivity contribution in [2.75, 3.05) is 18.6 Å². The molecule has 0 amide bonds. The number of hydrogen-bond donors (Lipinski definition) is 2. The largest absolute Gasteiger partial charge is 0.478 e. The summed E-state index contributed by atoms with van der Waals surface area (Å²) in [7, 11) is 1.56. The third-order valence-corrected chi connectivity index (χ3v) is 2.85. The fraction of sp³-hybridized carbons (Fsp3) is 0.417. The van der Waals surface area contributed by atoms with Crippen molar-refractivity contribution in [3.8, 4) is 0 Å². The number of benzene rings is 1. The summed E-state index contributed by atoms with van der Waals surface area (Å²) in [4.78, 5) is 12.5. The average Bonchev–Trinajstić information content (AvgIpc) is 2.27. The van der Waals surface area contributed by atoms with E-state index in [9.17, 15) is 14.3 Å². The van der Waals surface area contributed by atoms with Crippen molar-refractivity contribution in [2.45, 2.75) is 19.4 Å². The molecule has 0 aliphatic heterocycles. The minimum Gasteiger partial charge on any atom is -0.478 e. The van der Waals surface area contributed by atoms with Gasteiger partial charge in [0.05, 0.1) is 23.4 Å². The van der Waals surface area contributed by atoms with E-state index in [1.807, 2.05) is 0 Å².